The zero-order chi connectivity index (χ0) is 101. The first-order chi connectivity index (χ1) is 66.2. The number of pyridine rings is 5. The van der Waals surface area contributed by atoms with Crippen molar-refractivity contribution in [2.24, 2.45) is 0 Å². The van der Waals surface area contributed by atoms with Gasteiger partial charge in [0.25, 0.3) is 0 Å². The lowest BCUT2D eigenvalue weighted by molar-refractivity contribution is -0.142. The number of halogens is 16. The Kier molecular flexibility index (Phi) is 31.2. The average molecular weight is 2040 g/mol. The molecule has 17 rings (SSSR count). The predicted octanol–water partition coefficient (Wildman–Crippen LogP) is 18.9. The van der Waals surface area contributed by atoms with Gasteiger partial charge in [0.1, 0.15) is 93.1 Å². The van der Waals surface area contributed by atoms with Crippen molar-refractivity contribution in [1.29, 1.82) is 0 Å². The van der Waals surface area contributed by atoms with Gasteiger partial charge in [0.15, 0.2) is 75.7 Å². The molecule has 0 radical (unpaired) electrons. The van der Waals surface area contributed by atoms with E-state index in [1.54, 1.807) is 81.5 Å². The minimum atomic E-state index is -4.58. The molecule has 1 saturated carbocycles. The summed E-state index contributed by atoms with van der Waals surface area (Å²) in [5, 5.41) is 29.9. The number of likely N-dealkylation sites (N-methyl/N-ethyl adjacent to an activating group) is 1. The molecule has 0 unspecified atom stereocenters. The first kappa shape index (κ1) is 103. The van der Waals surface area contributed by atoms with Crippen molar-refractivity contribution in [3.05, 3.63) is 179 Å². The van der Waals surface area contributed by atoms with Crippen LogP contribution in [0.1, 0.15) is 108 Å². The van der Waals surface area contributed by atoms with E-state index >= 15 is 0 Å². The van der Waals surface area contributed by atoms with E-state index in [1.165, 1.54) is 58.4 Å². The number of carbonyl (C=O) groups excluding carboxylic acids is 5. The molecule has 1 aliphatic carbocycles. The van der Waals surface area contributed by atoms with Gasteiger partial charge in [-0.1, -0.05) is 34.8 Å². The lowest BCUT2D eigenvalue weighted by Gasteiger charge is -2.37. The Hall–Kier alpha value is -14.9. The number of amides is 5. The quantitative estimate of drug-likeness (QED) is 0.0224. The molecule has 36 nitrogen and oxygen atoms in total. The number of nitrogens with zero attached hydrogens (tertiary/aromatic N) is 15. The van der Waals surface area contributed by atoms with Crippen LogP contribution in [0.3, 0.4) is 0 Å². The number of fused-ring (bicyclic) bond motifs is 5. The van der Waals surface area contributed by atoms with Gasteiger partial charge in [-0.05, 0) is 112 Å². The highest BCUT2D eigenvalue weighted by Crippen LogP contribution is 2.37. The van der Waals surface area contributed by atoms with Crippen molar-refractivity contribution in [2.75, 3.05) is 72.7 Å². The van der Waals surface area contributed by atoms with E-state index in [-0.39, 0.29) is 111 Å². The van der Waals surface area contributed by atoms with Gasteiger partial charge in [0, 0.05) is 176 Å². The van der Waals surface area contributed by atoms with Gasteiger partial charge >= 0.3 is 12.4 Å². The normalized spacial score (nSPS) is 13.3. The van der Waals surface area contributed by atoms with Gasteiger partial charge in [0.05, 0.1) is 52.2 Å². The topological polar surface area (TPSA) is 487 Å². The van der Waals surface area contributed by atoms with Gasteiger partial charge in [-0.25, -0.2) is 105 Å². The maximum Gasteiger partial charge on any atom is 0.405 e. The molecular weight excluding hydrogens is 1930 g/mol. The Balaban J connectivity index is 0. The molecule has 0 bridgehead atoms. The molecule has 140 heavy (non-hydrogen) atoms. The smallest absolute Gasteiger partial charge is 0.381 e. The molecule has 0 atom stereocenters. The van der Waals surface area contributed by atoms with Gasteiger partial charge in [0.2, 0.25) is 29.5 Å². The summed E-state index contributed by atoms with van der Waals surface area (Å²) in [7, 11) is 0. The van der Waals surface area contributed by atoms with Gasteiger partial charge in [-0.2, -0.15) is 26.3 Å². The number of hydrogen-bond donors (Lipinski definition) is 15. The van der Waals surface area contributed by atoms with Crippen molar-refractivity contribution in [3.8, 4) is 56.9 Å². The van der Waals surface area contributed by atoms with E-state index in [0.717, 1.165) is 66.6 Å². The lowest BCUT2D eigenvalue weighted by atomic mass is 9.88. The number of anilines is 5. The van der Waals surface area contributed by atoms with Crippen LogP contribution < -0.4 is 53.2 Å². The van der Waals surface area contributed by atoms with Gasteiger partial charge < -0.3 is 82.8 Å². The first-order valence-corrected chi connectivity index (χ1v) is 43.5. The Morgan fingerprint density at radius 2 is 0.757 bits per heavy atom. The molecule has 15 N–H and O–H groups in total. The molecule has 1 aliphatic heterocycles. The number of nitrogens with one attached hydrogen (secondary N) is 15. The molecule has 2 aliphatic rings. The van der Waals surface area contributed by atoms with E-state index in [9.17, 15) is 81.0 Å². The summed E-state index contributed by atoms with van der Waals surface area (Å²) in [4.78, 5) is 138. The summed E-state index contributed by atoms with van der Waals surface area (Å²) in [6.45, 7) is 11.1. The van der Waals surface area contributed by atoms with Crippen LogP contribution in [0.4, 0.5) is 86.2 Å². The molecule has 0 aromatic carbocycles. The number of aromatic nitrogens is 20. The van der Waals surface area contributed by atoms with E-state index in [1.807, 2.05) is 25.2 Å². The summed E-state index contributed by atoms with van der Waals surface area (Å²) < 4.78 is 176. The largest absolute Gasteiger partial charge is 0.405 e. The standard InChI is InChI=1S/C19H17ClF4N6O2.C18H19ClN6O.C17H15ClF4N6O.C17H17F3N6O.C17H18F2N6O.14H2/c20-10-5-11-12(7-26-14(11)25-6-10)15-27-8-13(21)16(29-15)30-18(1-3-32-4-2-18)17(31)28-9-19(22,23)24;1-18(2,17(26)23-11-3-4-11)25-14-5-6-20-16(24-14)13-9-22-15-12(13)7-10(19)8-21-15;1-16(2,15(29)26-7-17(20,21)22)28-14-11(19)6-25-13(27-14)10-5-24-12-9(10)3-8(18)4-23-12;1-17(2,16(27)21-4-3-18)26-15-12(20)8-24-14(25-15)11-7-23-13-10(11)5-9(19)6-22-13;1-4-20-16(26)17(2,3)25-15-12(19)8-23-14(24-15)11-7-22-13-10(11)5-9(18)6-21-13;;;;;;;;;;;;;;/h5-8H,1-4,9H2,(H,25,26)(H,28,31)(H,27,29,30);5-9,11H,3-4H2,1-2H3,(H,21,22)(H,23,26)(H,20,24,25);3-6H,7H2,1-2H3,(H,23,24)(H,26,29)(H,25,27,28);5-8H,3-4H2,1-2H3,(H,21,27)(H,22,23)(H,24,25,26);5-8H,4H2,1-3H3,(H,20,26)(H,21,22)(H,23,24,25);14*1H. The second-order valence-corrected chi connectivity index (χ2v) is 34.9. The number of H-pyrrole nitrogens is 5. The predicted molar refractivity (Wildman–Crippen MR) is 524 cm³/mol. The molecule has 15 aromatic rings. The third-order valence-electron chi connectivity index (χ3n) is 21.0. The number of hydrogen-bond acceptors (Lipinski definition) is 26. The molecule has 5 amide bonds. The fourth-order valence-electron chi connectivity index (χ4n) is 13.6. The Morgan fingerprint density at radius 3 is 1.13 bits per heavy atom. The summed E-state index contributed by atoms with van der Waals surface area (Å²) in [6.07, 6.45) is 13.1. The fraction of sp³-hybridized carbons (Fsp3) is 0.318. The highest BCUT2D eigenvalue weighted by Gasteiger charge is 2.44. The second-order valence-electron chi connectivity index (χ2n) is 33.6. The van der Waals surface area contributed by atoms with Crippen molar-refractivity contribution in [2.45, 2.75) is 134 Å². The summed E-state index contributed by atoms with van der Waals surface area (Å²) in [5.41, 5.74) is -0.906. The van der Waals surface area contributed by atoms with Crippen molar-refractivity contribution >= 4 is 149 Å². The fourth-order valence-corrected chi connectivity index (χ4v) is 14.1. The van der Waals surface area contributed by atoms with E-state index in [0.29, 0.717) is 106 Å². The van der Waals surface area contributed by atoms with Crippen molar-refractivity contribution < 1.29 is 106 Å². The first-order valence-electron chi connectivity index (χ1n) is 42.4. The highest BCUT2D eigenvalue weighted by molar-refractivity contribution is 6.32. The van der Waals surface area contributed by atoms with Crippen LogP contribution in [0.2, 0.25) is 15.1 Å². The monoisotopic (exact) mass is 2040 g/mol. The van der Waals surface area contributed by atoms with E-state index in [4.69, 9.17) is 39.5 Å². The Bertz CT molecular complexity index is 7140. The maximum absolute atomic E-state index is 14.6. The summed E-state index contributed by atoms with van der Waals surface area (Å²) >= 11 is 18.0. The van der Waals surface area contributed by atoms with Crippen molar-refractivity contribution in [3.63, 3.8) is 0 Å². The molecule has 764 valence electrons. The summed E-state index contributed by atoms with van der Waals surface area (Å²) in [6, 6.07) is 9.72. The minimum Gasteiger partial charge on any atom is -0.381 e. The average Bonchev–Trinajstić information content (AvgIpc) is 1.74. The zero-order valence-electron chi connectivity index (χ0n) is 75.2. The zero-order valence-corrected chi connectivity index (χ0v) is 77.5. The van der Waals surface area contributed by atoms with E-state index < -0.39 is 112 Å². The number of carbonyl (C=O) groups is 5. The number of ether oxygens (including phenoxy) is 1. The van der Waals surface area contributed by atoms with Crippen LogP contribution in [0.5, 0.6) is 0 Å². The number of rotatable bonds is 26. The van der Waals surface area contributed by atoms with E-state index in [2.05, 4.69) is 142 Å². The molecular formula is C88H114Cl3F13N30O6. The van der Waals surface area contributed by atoms with Crippen LogP contribution in [-0.2, 0) is 28.7 Å². The minimum absolute atomic E-state index is 0. The molecule has 0 spiro atoms. The number of aromatic amines is 5. The van der Waals surface area contributed by atoms with Crippen LogP contribution in [0.15, 0.2) is 129 Å². The Labute approximate surface area is 820 Å². The van der Waals surface area contributed by atoms with Gasteiger partial charge in [-0.15, -0.1) is 0 Å². The third kappa shape index (κ3) is 25.5. The molecule has 2 fully saturated rings. The van der Waals surface area contributed by atoms with Crippen LogP contribution in [0.25, 0.3) is 112 Å². The molecule has 1 saturated heterocycles. The molecule has 16 heterocycles. The highest BCUT2D eigenvalue weighted by atomic mass is 35.5. The maximum atomic E-state index is 14.6. The van der Waals surface area contributed by atoms with Crippen LogP contribution >= 0.6 is 34.8 Å². The van der Waals surface area contributed by atoms with Crippen LogP contribution in [-0.4, -0.2) is 221 Å². The number of alkyl halides is 7. The van der Waals surface area contributed by atoms with Gasteiger partial charge in [-0.3, -0.25) is 24.0 Å². The lowest BCUT2D eigenvalue weighted by Crippen LogP contribution is -2.57. The second kappa shape index (κ2) is 42.6. The van der Waals surface area contributed by atoms with Crippen LogP contribution in [0, 0.1) is 34.9 Å². The molecule has 52 heteroatoms. The molecule has 15 aromatic heterocycles. The van der Waals surface area contributed by atoms with Crippen molar-refractivity contribution in [1.82, 2.24) is 126 Å². The SMILES string of the molecule is CC(C)(Nc1ccnc(-c2c[nH]c3ncc(Cl)cc23)n1)C(=O)NC1CC1.CC(C)(Nc1nc(-c2c[nH]c3ncc(Cl)cc23)ncc1F)C(=O)NCC(F)(F)F.CC(C)(Nc1nc(-c2c[nH]c3ncc(F)cc23)ncc1F)C(=O)NCCF.CCNC(=O)C(C)(C)Nc1nc(-c2c[nH]c3ncc(F)cc23)ncc1F.O=C(NCC(F)(F)F)C1(Nc2nc(-c3c[nH]c4ncc(Cl)cc34)ncc2F)CCOCC1.[HH].[HH].[HH].[HH].[HH].[HH].[HH].[HH].[HH].[HH].[HH].[HH].[HH].[HH]. The Morgan fingerprint density at radius 1 is 0.421 bits per heavy atom. The summed E-state index contributed by atoms with van der Waals surface area (Å²) in [5.74, 6) is -6.33. The third-order valence-corrected chi connectivity index (χ3v) is 21.6.